The van der Waals surface area contributed by atoms with E-state index in [4.69, 9.17) is 4.74 Å². The summed E-state index contributed by atoms with van der Waals surface area (Å²) in [5.74, 6) is 6.11. The highest BCUT2D eigenvalue weighted by Gasteiger charge is 2.08. The van der Waals surface area contributed by atoms with Gasteiger partial charge in [-0.1, -0.05) is 11.8 Å². The fourth-order valence-electron chi connectivity index (χ4n) is 0.751. The van der Waals surface area contributed by atoms with Gasteiger partial charge in [-0.25, -0.2) is 0 Å². The third-order valence-corrected chi connectivity index (χ3v) is 1.37. The van der Waals surface area contributed by atoms with Gasteiger partial charge in [-0.15, -0.1) is 0 Å². The number of methoxy groups -OCH3 is 1. The second kappa shape index (κ2) is 5.04. The number of hydrogen-bond acceptors (Lipinski definition) is 2. The fourth-order valence-corrected chi connectivity index (χ4v) is 0.751. The van der Waals surface area contributed by atoms with Crippen LogP contribution in [0.5, 0.6) is 0 Å². The van der Waals surface area contributed by atoms with Gasteiger partial charge in [0.05, 0.1) is 0 Å². The molecule has 0 aromatic rings. The summed E-state index contributed by atoms with van der Waals surface area (Å²) >= 11 is 0. The molecule has 0 aliphatic carbocycles. The van der Waals surface area contributed by atoms with Crippen molar-refractivity contribution in [1.82, 2.24) is 0 Å². The SMILES string of the molecule is COC(C#CC(C)(C)C)CC(C)=O. The van der Waals surface area contributed by atoms with Crippen molar-refractivity contribution < 1.29 is 9.53 Å². The average molecular weight is 182 g/mol. The predicted molar refractivity (Wildman–Crippen MR) is 53.3 cm³/mol. The number of ketones is 1. The zero-order valence-electron chi connectivity index (χ0n) is 9.10. The molecule has 0 radical (unpaired) electrons. The van der Waals surface area contributed by atoms with Gasteiger partial charge in [0.25, 0.3) is 0 Å². The van der Waals surface area contributed by atoms with E-state index in [0.717, 1.165) is 0 Å². The molecule has 0 N–H and O–H groups in total. The standard InChI is InChI=1S/C11H18O2/c1-9(12)8-10(13-5)6-7-11(2,3)4/h10H,8H2,1-5H3. The largest absolute Gasteiger partial charge is 0.368 e. The number of rotatable bonds is 3. The van der Waals surface area contributed by atoms with E-state index in [1.54, 1.807) is 14.0 Å². The molecule has 0 aromatic carbocycles. The summed E-state index contributed by atoms with van der Waals surface area (Å²) in [4.78, 5) is 10.8. The lowest BCUT2D eigenvalue weighted by Gasteiger charge is -2.10. The summed E-state index contributed by atoms with van der Waals surface area (Å²) in [6, 6.07) is 0. The van der Waals surface area contributed by atoms with Crippen LogP contribution in [0.2, 0.25) is 0 Å². The molecule has 2 heteroatoms. The summed E-state index contributed by atoms with van der Waals surface area (Å²) in [6.45, 7) is 7.63. The smallest absolute Gasteiger partial charge is 0.133 e. The van der Waals surface area contributed by atoms with E-state index in [2.05, 4.69) is 11.8 Å². The summed E-state index contributed by atoms with van der Waals surface area (Å²) in [6.07, 6.45) is 0.122. The number of hydrogen-bond donors (Lipinski definition) is 0. The molecule has 0 amide bonds. The van der Waals surface area contributed by atoms with Crippen LogP contribution < -0.4 is 0 Å². The van der Waals surface area contributed by atoms with Crippen LogP contribution in [0.1, 0.15) is 34.1 Å². The zero-order chi connectivity index (χ0) is 10.5. The van der Waals surface area contributed by atoms with Crippen molar-refractivity contribution in [3.8, 4) is 11.8 Å². The highest BCUT2D eigenvalue weighted by atomic mass is 16.5. The van der Waals surface area contributed by atoms with Crippen LogP contribution in [0.3, 0.4) is 0 Å². The minimum Gasteiger partial charge on any atom is -0.368 e. The molecule has 0 spiro atoms. The van der Waals surface area contributed by atoms with Crippen molar-refractivity contribution in [2.45, 2.75) is 40.2 Å². The van der Waals surface area contributed by atoms with E-state index >= 15 is 0 Å². The predicted octanol–water partition coefficient (Wildman–Crippen LogP) is 2.03. The molecular formula is C11H18O2. The van der Waals surface area contributed by atoms with Gasteiger partial charge in [-0.05, 0) is 27.7 Å². The van der Waals surface area contributed by atoms with Crippen molar-refractivity contribution in [2.24, 2.45) is 5.41 Å². The Kier molecular flexibility index (Phi) is 4.72. The second-order valence-corrected chi connectivity index (χ2v) is 4.15. The molecule has 0 saturated carbocycles. The summed E-state index contributed by atoms with van der Waals surface area (Å²) in [7, 11) is 1.57. The molecule has 13 heavy (non-hydrogen) atoms. The van der Waals surface area contributed by atoms with Crippen molar-refractivity contribution >= 4 is 5.78 Å². The van der Waals surface area contributed by atoms with Crippen LogP contribution in [0, 0.1) is 17.3 Å². The number of carbonyl (C=O) groups is 1. The van der Waals surface area contributed by atoms with Crippen molar-refractivity contribution in [2.75, 3.05) is 7.11 Å². The maximum Gasteiger partial charge on any atom is 0.133 e. The van der Waals surface area contributed by atoms with Crippen LogP contribution in [-0.2, 0) is 9.53 Å². The Morgan fingerprint density at radius 3 is 2.31 bits per heavy atom. The Balaban J connectivity index is 4.25. The van der Waals surface area contributed by atoms with Crippen LogP contribution in [0.25, 0.3) is 0 Å². The monoisotopic (exact) mass is 182 g/mol. The van der Waals surface area contributed by atoms with Crippen LogP contribution in [0.15, 0.2) is 0 Å². The second-order valence-electron chi connectivity index (χ2n) is 4.15. The Morgan fingerprint density at radius 2 is 2.00 bits per heavy atom. The van der Waals surface area contributed by atoms with Gasteiger partial charge in [-0.3, -0.25) is 4.79 Å². The van der Waals surface area contributed by atoms with Crippen molar-refractivity contribution in [1.29, 1.82) is 0 Å². The van der Waals surface area contributed by atoms with E-state index < -0.39 is 0 Å². The molecule has 0 aliphatic heterocycles. The first-order valence-electron chi connectivity index (χ1n) is 4.40. The average Bonchev–Trinajstić information content (AvgIpc) is 1.95. The molecule has 0 bridgehead atoms. The quantitative estimate of drug-likeness (QED) is 0.624. The highest BCUT2D eigenvalue weighted by molar-refractivity contribution is 5.76. The van der Waals surface area contributed by atoms with Gasteiger partial charge in [0, 0.05) is 18.9 Å². The zero-order valence-corrected chi connectivity index (χ0v) is 9.10. The topological polar surface area (TPSA) is 26.3 Å². The van der Waals surface area contributed by atoms with Crippen molar-refractivity contribution in [3.63, 3.8) is 0 Å². The van der Waals surface area contributed by atoms with E-state index in [-0.39, 0.29) is 17.3 Å². The molecule has 0 saturated heterocycles. The Morgan fingerprint density at radius 1 is 1.46 bits per heavy atom. The normalized spacial score (nSPS) is 13.0. The molecule has 0 fully saturated rings. The minimum atomic E-state index is -0.253. The van der Waals surface area contributed by atoms with Gasteiger partial charge in [0.2, 0.25) is 0 Å². The van der Waals surface area contributed by atoms with Crippen molar-refractivity contribution in [3.05, 3.63) is 0 Å². The Labute approximate surface area is 80.7 Å². The number of carbonyl (C=O) groups excluding carboxylic acids is 1. The molecule has 2 nitrogen and oxygen atoms in total. The van der Waals surface area contributed by atoms with E-state index in [9.17, 15) is 4.79 Å². The van der Waals surface area contributed by atoms with Crippen LogP contribution in [0.4, 0.5) is 0 Å². The molecule has 0 aromatic heterocycles. The maximum atomic E-state index is 10.8. The van der Waals surface area contributed by atoms with Gasteiger partial charge >= 0.3 is 0 Å². The lowest BCUT2D eigenvalue weighted by Crippen LogP contribution is -2.13. The Hall–Kier alpha value is -0.810. The first-order chi connectivity index (χ1) is 5.85. The van der Waals surface area contributed by atoms with E-state index in [1.165, 1.54) is 0 Å². The Bertz CT molecular complexity index is 225. The molecule has 1 atom stereocenters. The minimum absolute atomic E-state index is 0.0342. The third kappa shape index (κ3) is 7.55. The van der Waals surface area contributed by atoms with E-state index in [0.29, 0.717) is 6.42 Å². The fraction of sp³-hybridized carbons (Fsp3) is 0.727. The lowest BCUT2D eigenvalue weighted by atomic mass is 9.97. The van der Waals surface area contributed by atoms with Gasteiger partial charge in [-0.2, -0.15) is 0 Å². The van der Waals surface area contributed by atoms with Gasteiger partial charge in [0.1, 0.15) is 11.9 Å². The summed E-state index contributed by atoms with van der Waals surface area (Å²) in [5.41, 5.74) is -0.0342. The van der Waals surface area contributed by atoms with Crippen LogP contribution >= 0.6 is 0 Å². The third-order valence-electron chi connectivity index (χ3n) is 1.37. The number of ether oxygens (including phenoxy) is 1. The molecule has 1 unspecified atom stereocenters. The highest BCUT2D eigenvalue weighted by Crippen LogP contribution is 2.10. The first kappa shape index (κ1) is 12.2. The molecule has 0 aliphatic rings. The lowest BCUT2D eigenvalue weighted by molar-refractivity contribution is -0.118. The molecule has 0 heterocycles. The number of Topliss-reactive ketones (excluding diaryl/α,β-unsaturated/α-hetero) is 1. The van der Waals surface area contributed by atoms with Crippen LogP contribution in [-0.4, -0.2) is 19.0 Å². The van der Waals surface area contributed by atoms with E-state index in [1.807, 2.05) is 20.8 Å². The molecular weight excluding hydrogens is 164 g/mol. The summed E-state index contributed by atoms with van der Waals surface area (Å²) < 4.78 is 5.06. The van der Waals surface area contributed by atoms with Gasteiger partial charge in [0.15, 0.2) is 0 Å². The maximum absolute atomic E-state index is 10.8. The molecule has 0 rings (SSSR count). The first-order valence-corrected chi connectivity index (χ1v) is 4.40. The molecule has 74 valence electrons. The van der Waals surface area contributed by atoms with Gasteiger partial charge < -0.3 is 4.74 Å². The summed E-state index contributed by atoms with van der Waals surface area (Å²) in [5, 5.41) is 0.